The third-order valence-electron chi connectivity index (χ3n) is 2.06. The van der Waals surface area contributed by atoms with Gasteiger partial charge in [0, 0.05) is 6.04 Å². The molecule has 0 aromatic heterocycles. The molecular weight excluding hydrogens is 178 g/mol. The third-order valence-corrected chi connectivity index (χ3v) is 3.47. The lowest BCUT2D eigenvalue weighted by atomic mass is 10.3. The van der Waals surface area contributed by atoms with Gasteiger partial charge in [-0.3, -0.25) is 0 Å². The highest BCUT2D eigenvalue weighted by Gasteiger charge is 2.20. The van der Waals surface area contributed by atoms with Crippen LogP contribution in [0.3, 0.4) is 0 Å². The second-order valence-corrected chi connectivity index (χ2v) is 5.02. The van der Waals surface area contributed by atoms with E-state index in [0.29, 0.717) is 0 Å². The van der Waals surface area contributed by atoms with Gasteiger partial charge in [0.15, 0.2) is 0 Å². The number of hydrogen-bond acceptors (Lipinski definition) is 3. The van der Waals surface area contributed by atoms with Crippen LogP contribution in [0.5, 0.6) is 0 Å². The van der Waals surface area contributed by atoms with E-state index in [2.05, 4.69) is 4.72 Å². The first kappa shape index (κ1) is 9.95. The summed E-state index contributed by atoms with van der Waals surface area (Å²) in [5.41, 5.74) is 0. The monoisotopic (exact) mass is 193 g/mol. The molecule has 1 aliphatic rings. The van der Waals surface area contributed by atoms with Crippen molar-refractivity contribution < 1.29 is 13.5 Å². The molecular formula is C7H15NO3S. The van der Waals surface area contributed by atoms with E-state index >= 15 is 0 Å². The van der Waals surface area contributed by atoms with E-state index in [1.807, 2.05) is 0 Å². The molecule has 5 heteroatoms. The minimum Gasteiger partial charge on any atom is -0.395 e. The second kappa shape index (κ2) is 4.20. The van der Waals surface area contributed by atoms with Crippen molar-refractivity contribution >= 4 is 10.0 Å². The first-order valence-electron chi connectivity index (χ1n) is 4.25. The molecule has 0 atom stereocenters. The first-order chi connectivity index (χ1) is 5.64. The van der Waals surface area contributed by atoms with Gasteiger partial charge in [-0.15, -0.1) is 0 Å². The molecule has 0 amide bonds. The topological polar surface area (TPSA) is 66.4 Å². The number of sulfonamides is 1. The molecule has 1 saturated carbocycles. The molecule has 12 heavy (non-hydrogen) atoms. The number of aliphatic hydroxyl groups excluding tert-OH is 1. The Kier molecular flexibility index (Phi) is 3.49. The minimum atomic E-state index is -3.22. The summed E-state index contributed by atoms with van der Waals surface area (Å²) in [6.45, 7) is -0.304. The summed E-state index contributed by atoms with van der Waals surface area (Å²) in [5.74, 6) is -0.177. The summed E-state index contributed by atoms with van der Waals surface area (Å²) in [4.78, 5) is 0. The third kappa shape index (κ3) is 3.08. The first-order valence-corrected chi connectivity index (χ1v) is 5.90. The lowest BCUT2D eigenvalue weighted by molar-refractivity contribution is 0.319. The van der Waals surface area contributed by atoms with Gasteiger partial charge in [0.1, 0.15) is 0 Å². The van der Waals surface area contributed by atoms with Gasteiger partial charge in [-0.1, -0.05) is 12.8 Å². The van der Waals surface area contributed by atoms with Crippen LogP contribution in [-0.2, 0) is 10.0 Å². The van der Waals surface area contributed by atoms with E-state index in [9.17, 15) is 8.42 Å². The van der Waals surface area contributed by atoms with Gasteiger partial charge in [-0.2, -0.15) is 0 Å². The number of rotatable bonds is 4. The number of aliphatic hydroxyl groups is 1. The zero-order valence-electron chi connectivity index (χ0n) is 6.99. The van der Waals surface area contributed by atoms with Crippen LogP contribution in [-0.4, -0.2) is 31.9 Å². The van der Waals surface area contributed by atoms with Crippen LogP contribution >= 0.6 is 0 Å². The van der Waals surface area contributed by atoms with Crippen LogP contribution in [0.2, 0.25) is 0 Å². The highest BCUT2D eigenvalue weighted by molar-refractivity contribution is 7.89. The van der Waals surface area contributed by atoms with Gasteiger partial charge in [-0.05, 0) is 12.8 Å². The van der Waals surface area contributed by atoms with Gasteiger partial charge in [0.25, 0.3) is 0 Å². The molecule has 0 unspecified atom stereocenters. The van der Waals surface area contributed by atoms with Gasteiger partial charge in [0.05, 0.1) is 12.4 Å². The normalized spacial score (nSPS) is 20.1. The van der Waals surface area contributed by atoms with E-state index in [1.165, 1.54) is 0 Å². The van der Waals surface area contributed by atoms with Crippen molar-refractivity contribution in [2.75, 3.05) is 12.4 Å². The quantitative estimate of drug-likeness (QED) is 0.652. The van der Waals surface area contributed by atoms with Gasteiger partial charge in [-0.25, -0.2) is 13.1 Å². The average molecular weight is 193 g/mol. The molecule has 1 fully saturated rings. The summed E-state index contributed by atoms with van der Waals surface area (Å²) in [6, 6.07) is 0.113. The van der Waals surface area contributed by atoms with E-state index in [-0.39, 0.29) is 18.4 Å². The zero-order valence-corrected chi connectivity index (χ0v) is 7.81. The summed E-state index contributed by atoms with van der Waals surface area (Å²) in [5, 5.41) is 8.46. The highest BCUT2D eigenvalue weighted by atomic mass is 32.2. The summed E-state index contributed by atoms with van der Waals surface area (Å²) >= 11 is 0. The Balaban J connectivity index is 2.38. The van der Waals surface area contributed by atoms with Crippen molar-refractivity contribution in [2.24, 2.45) is 0 Å². The smallest absolute Gasteiger partial charge is 0.214 e. The van der Waals surface area contributed by atoms with Crippen molar-refractivity contribution in [2.45, 2.75) is 31.7 Å². The molecule has 0 spiro atoms. The second-order valence-electron chi connectivity index (χ2n) is 3.14. The molecule has 2 N–H and O–H groups in total. The Hall–Kier alpha value is -0.130. The van der Waals surface area contributed by atoms with Crippen LogP contribution in [0.15, 0.2) is 0 Å². The highest BCUT2D eigenvalue weighted by Crippen LogP contribution is 2.18. The molecule has 0 bridgehead atoms. The lowest BCUT2D eigenvalue weighted by Gasteiger charge is -2.10. The van der Waals surface area contributed by atoms with Crippen LogP contribution in [0, 0.1) is 0 Å². The fraction of sp³-hybridized carbons (Fsp3) is 1.00. The van der Waals surface area contributed by atoms with E-state index < -0.39 is 10.0 Å². The standard InChI is InChI=1S/C7H15NO3S/c9-5-6-12(10,11)8-7-3-1-2-4-7/h7-9H,1-6H2. The molecule has 0 aromatic rings. The van der Waals surface area contributed by atoms with Crippen molar-refractivity contribution in [3.8, 4) is 0 Å². The Morgan fingerprint density at radius 3 is 2.42 bits per heavy atom. The van der Waals surface area contributed by atoms with Crippen molar-refractivity contribution in [1.29, 1.82) is 0 Å². The van der Waals surface area contributed by atoms with Gasteiger partial charge >= 0.3 is 0 Å². The average Bonchev–Trinajstić information content (AvgIpc) is 2.38. The summed E-state index contributed by atoms with van der Waals surface area (Å²) in [7, 11) is -3.22. The van der Waals surface area contributed by atoms with E-state index in [0.717, 1.165) is 25.7 Å². The van der Waals surface area contributed by atoms with Crippen molar-refractivity contribution in [3.63, 3.8) is 0 Å². The van der Waals surface area contributed by atoms with Crippen LogP contribution in [0.1, 0.15) is 25.7 Å². The number of nitrogens with one attached hydrogen (secondary N) is 1. The van der Waals surface area contributed by atoms with Gasteiger partial charge < -0.3 is 5.11 Å². The molecule has 72 valence electrons. The molecule has 1 aliphatic carbocycles. The Morgan fingerprint density at radius 2 is 1.92 bits per heavy atom. The molecule has 1 rings (SSSR count). The predicted molar refractivity (Wildman–Crippen MR) is 46.3 cm³/mol. The minimum absolute atomic E-state index is 0.113. The fourth-order valence-electron chi connectivity index (χ4n) is 1.48. The molecule has 0 heterocycles. The van der Waals surface area contributed by atoms with Crippen LogP contribution in [0.4, 0.5) is 0 Å². The Labute approximate surface area is 73.0 Å². The molecule has 4 nitrogen and oxygen atoms in total. The van der Waals surface area contributed by atoms with E-state index in [4.69, 9.17) is 5.11 Å². The molecule has 0 saturated heterocycles. The fourth-order valence-corrected chi connectivity index (χ4v) is 2.58. The summed E-state index contributed by atoms with van der Waals surface area (Å²) in [6.07, 6.45) is 4.08. The molecule has 0 radical (unpaired) electrons. The predicted octanol–water partition coefficient (Wildman–Crippen LogP) is -0.159. The van der Waals surface area contributed by atoms with Gasteiger partial charge in [0.2, 0.25) is 10.0 Å². The Bertz CT molecular complexity index is 219. The summed E-state index contributed by atoms with van der Waals surface area (Å²) < 4.78 is 24.8. The Morgan fingerprint density at radius 1 is 1.33 bits per heavy atom. The SMILES string of the molecule is O=S(=O)(CCO)NC1CCCC1. The number of hydrogen-bond donors (Lipinski definition) is 2. The molecule has 0 aliphatic heterocycles. The van der Waals surface area contributed by atoms with Crippen molar-refractivity contribution in [1.82, 2.24) is 4.72 Å². The molecule has 0 aromatic carbocycles. The lowest BCUT2D eigenvalue weighted by Crippen LogP contribution is -2.35. The maximum Gasteiger partial charge on any atom is 0.214 e. The maximum absolute atomic E-state index is 11.1. The van der Waals surface area contributed by atoms with Crippen LogP contribution < -0.4 is 4.72 Å². The largest absolute Gasteiger partial charge is 0.395 e. The maximum atomic E-state index is 11.1. The van der Waals surface area contributed by atoms with Crippen LogP contribution in [0.25, 0.3) is 0 Å². The van der Waals surface area contributed by atoms with Crippen molar-refractivity contribution in [3.05, 3.63) is 0 Å². The van der Waals surface area contributed by atoms with E-state index in [1.54, 1.807) is 0 Å². The zero-order chi connectivity index (χ0) is 9.03.